The van der Waals surface area contributed by atoms with Gasteiger partial charge in [0.1, 0.15) is 11.4 Å². The predicted octanol–water partition coefficient (Wildman–Crippen LogP) is 6.41. The van der Waals surface area contributed by atoms with Crippen LogP contribution in [0.1, 0.15) is 40.0 Å². The van der Waals surface area contributed by atoms with E-state index >= 15 is 0 Å². The number of carbonyl (C=O) groups is 1. The van der Waals surface area contributed by atoms with Crippen molar-refractivity contribution < 1.29 is 18.0 Å². The Hall–Kier alpha value is -2.71. The van der Waals surface area contributed by atoms with Gasteiger partial charge in [-0.2, -0.15) is 18.3 Å². The van der Waals surface area contributed by atoms with E-state index in [-0.39, 0.29) is 22.8 Å². The first-order valence-electron chi connectivity index (χ1n) is 9.37. The second-order valence-electron chi connectivity index (χ2n) is 7.34. The predicted molar refractivity (Wildman–Crippen MR) is 114 cm³/mol. The molecule has 4 rings (SSSR count). The average Bonchev–Trinajstić information content (AvgIpc) is 3.14. The molecule has 1 amide bonds. The number of carbonyl (C=O) groups excluding carboxylic acids is 1. The van der Waals surface area contributed by atoms with Crippen molar-refractivity contribution in [3.63, 3.8) is 0 Å². The molecule has 0 aliphatic carbocycles. The van der Waals surface area contributed by atoms with E-state index in [1.807, 2.05) is 19.1 Å². The number of hydrogen-bond acceptors (Lipinski definition) is 3. The highest BCUT2D eigenvalue weighted by Gasteiger charge is 2.47. The van der Waals surface area contributed by atoms with E-state index in [4.69, 9.17) is 23.2 Å². The van der Waals surface area contributed by atoms with Crippen LogP contribution in [0.5, 0.6) is 0 Å². The van der Waals surface area contributed by atoms with Gasteiger partial charge in [0.2, 0.25) is 0 Å². The van der Waals surface area contributed by atoms with Gasteiger partial charge in [0, 0.05) is 12.1 Å². The van der Waals surface area contributed by atoms with Crippen molar-refractivity contribution in [2.75, 3.05) is 10.6 Å². The summed E-state index contributed by atoms with van der Waals surface area (Å²) >= 11 is 11.8. The number of aromatic nitrogens is 2. The summed E-state index contributed by atoms with van der Waals surface area (Å²) in [7, 11) is 0. The number of nitrogens with one attached hydrogen (secondary N) is 2. The molecule has 2 N–H and O–H groups in total. The molecule has 0 spiro atoms. The van der Waals surface area contributed by atoms with Crippen molar-refractivity contribution in [1.82, 2.24) is 9.78 Å². The highest BCUT2D eigenvalue weighted by molar-refractivity contribution is 6.42. The van der Waals surface area contributed by atoms with Crippen molar-refractivity contribution >= 4 is 40.6 Å². The van der Waals surface area contributed by atoms with Crippen LogP contribution < -0.4 is 10.6 Å². The highest BCUT2D eigenvalue weighted by Crippen LogP contribution is 2.44. The zero-order chi connectivity index (χ0) is 22.3. The van der Waals surface area contributed by atoms with E-state index in [0.717, 1.165) is 16.4 Å². The molecule has 2 aromatic carbocycles. The molecular formula is C21H17Cl2F3N4O. The number of alkyl halides is 3. The lowest BCUT2D eigenvalue weighted by molar-refractivity contribution is -0.173. The van der Waals surface area contributed by atoms with Gasteiger partial charge in [-0.15, -0.1) is 0 Å². The fourth-order valence-corrected chi connectivity index (χ4v) is 3.82. The van der Waals surface area contributed by atoms with E-state index in [0.29, 0.717) is 16.3 Å². The van der Waals surface area contributed by atoms with E-state index in [1.165, 1.54) is 12.1 Å². The van der Waals surface area contributed by atoms with Gasteiger partial charge in [-0.3, -0.25) is 4.79 Å². The van der Waals surface area contributed by atoms with Crippen LogP contribution in [0.25, 0.3) is 0 Å². The van der Waals surface area contributed by atoms with E-state index in [1.54, 1.807) is 18.2 Å². The van der Waals surface area contributed by atoms with Crippen LogP contribution in [-0.2, 0) is 0 Å². The molecule has 0 fully saturated rings. The second kappa shape index (κ2) is 8.09. The third-order valence-electron chi connectivity index (χ3n) is 5.14. The normalized spacial score (nSPS) is 18.3. The van der Waals surface area contributed by atoms with Crippen LogP contribution in [0.4, 0.5) is 24.7 Å². The number of hydrogen-bond donors (Lipinski definition) is 2. The summed E-state index contributed by atoms with van der Waals surface area (Å²) in [6, 6.07) is 9.26. The molecule has 0 unspecified atom stereocenters. The molecule has 162 valence electrons. The summed E-state index contributed by atoms with van der Waals surface area (Å²) in [5.41, 5.74) is 2.05. The Morgan fingerprint density at radius 2 is 1.87 bits per heavy atom. The number of rotatable bonds is 3. The Kier molecular flexibility index (Phi) is 5.61. The molecule has 2 heterocycles. The zero-order valence-corrected chi connectivity index (χ0v) is 17.7. The molecule has 0 bridgehead atoms. The van der Waals surface area contributed by atoms with E-state index < -0.39 is 24.2 Å². The van der Waals surface area contributed by atoms with Gasteiger partial charge in [0.25, 0.3) is 5.91 Å². The standard InChI is InChI=1S/C21H17Cl2F3N4O/c1-11-2-4-12(5-3-11)17-9-18(21(24,25)26)30-19(29-17)14(10-27-30)20(31)28-13-6-7-15(22)16(23)8-13/h2-8,10,17-18,29H,9H2,1H3,(H,28,31)/t17-,18+/m1/s1. The molecule has 0 saturated carbocycles. The maximum Gasteiger partial charge on any atom is 0.410 e. The topological polar surface area (TPSA) is 59.0 Å². The van der Waals surface area contributed by atoms with Gasteiger partial charge in [-0.1, -0.05) is 53.0 Å². The number of anilines is 2. The van der Waals surface area contributed by atoms with Crippen molar-refractivity contribution in [2.24, 2.45) is 0 Å². The summed E-state index contributed by atoms with van der Waals surface area (Å²) in [6.45, 7) is 1.90. The van der Waals surface area contributed by atoms with E-state index in [9.17, 15) is 18.0 Å². The Morgan fingerprint density at radius 3 is 2.52 bits per heavy atom. The Bertz CT molecular complexity index is 1130. The first-order chi connectivity index (χ1) is 14.6. The number of amides is 1. The van der Waals surface area contributed by atoms with Gasteiger partial charge in [0.05, 0.1) is 22.3 Å². The highest BCUT2D eigenvalue weighted by atomic mass is 35.5. The van der Waals surface area contributed by atoms with Gasteiger partial charge in [-0.05, 0) is 30.7 Å². The molecule has 5 nitrogen and oxygen atoms in total. The van der Waals surface area contributed by atoms with E-state index in [2.05, 4.69) is 15.7 Å². The van der Waals surface area contributed by atoms with Gasteiger partial charge < -0.3 is 10.6 Å². The fraction of sp³-hybridized carbons (Fsp3) is 0.238. The first-order valence-corrected chi connectivity index (χ1v) is 10.1. The first kappa shape index (κ1) is 21.5. The summed E-state index contributed by atoms with van der Waals surface area (Å²) in [4.78, 5) is 12.8. The van der Waals surface area contributed by atoms with Gasteiger partial charge >= 0.3 is 6.18 Å². The quantitative estimate of drug-likeness (QED) is 0.466. The minimum absolute atomic E-state index is 0.00265. The van der Waals surface area contributed by atoms with Crippen LogP contribution in [0.3, 0.4) is 0 Å². The maximum atomic E-state index is 13.8. The van der Waals surface area contributed by atoms with Gasteiger partial charge in [-0.25, -0.2) is 4.68 Å². The van der Waals surface area contributed by atoms with Crippen LogP contribution in [0.2, 0.25) is 10.0 Å². The molecule has 31 heavy (non-hydrogen) atoms. The van der Waals surface area contributed by atoms with Crippen LogP contribution in [0.15, 0.2) is 48.7 Å². The summed E-state index contributed by atoms with van der Waals surface area (Å²) in [6.07, 6.45) is -3.64. The third kappa shape index (κ3) is 4.36. The molecule has 10 heteroatoms. The fourth-order valence-electron chi connectivity index (χ4n) is 3.52. The minimum Gasteiger partial charge on any atom is -0.363 e. The summed E-state index contributed by atoms with van der Waals surface area (Å²) in [5, 5.41) is 10.1. The minimum atomic E-state index is -4.52. The third-order valence-corrected chi connectivity index (χ3v) is 5.88. The lowest BCUT2D eigenvalue weighted by atomic mass is 9.96. The Labute approximate surface area is 186 Å². The molecule has 2 atom stereocenters. The largest absolute Gasteiger partial charge is 0.410 e. The molecule has 1 aliphatic heterocycles. The van der Waals surface area contributed by atoms with Crippen molar-refractivity contribution in [3.05, 3.63) is 75.4 Å². The molecule has 1 aliphatic rings. The molecule has 0 radical (unpaired) electrons. The number of nitrogens with zero attached hydrogens (tertiary/aromatic N) is 2. The molecule has 3 aromatic rings. The Balaban J connectivity index is 1.68. The van der Waals surface area contributed by atoms with Crippen LogP contribution >= 0.6 is 23.2 Å². The lowest BCUT2D eigenvalue weighted by Gasteiger charge is -2.34. The lowest BCUT2D eigenvalue weighted by Crippen LogP contribution is -2.36. The van der Waals surface area contributed by atoms with Crippen LogP contribution in [-0.4, -0.2) is 21.9 Å². The number of halogens is 5. The monoisotopic (exact) mass is 468 g/mol. The number of benzene rings is 2. The smallest absolute Gasteiger partial charge is 0.363 e. The Morgan fingerprint density at radius 1 is 1.16 bits per heavy atom. The number of aryl methyl sites for hydroxylation is 1. The molecule has 0 saturated heterocycles. The van der Waals surface area contributed by atoms with Crippen molar-refractivity contribution in [1.29, 1.82) is 0 Å². The number of fused-ring (bicyclic) bond motifs is 1. The molecular weight excluding hydrogens is 452 g/mol. The maximum absolute atomic E-state index is 13.8. The summed E-state index contributed by atoms with van der Waals surface area (Å²) in [5.74, 6) is -0.602. The summed E-state index contributed by atoms with van der Waals surface area (Å²) < 4.78 is 42.2. The SMILES string of the molecule is Cc1ccc([C@H]2C[C@@H](C(F)(F)F)n3ncc(C(=O)Nc4ccc(Cl)c(Cl)c4)c3N2)cc1. The average molecular weight is 469 g/mol. The van der Waals surface area contributed by atoms with Crippen molar-refractivity contribution in [2.45, 2.75) is 31.6 Å². The second-order valence-corrected chi connectivity index (χ2v) is 8.15. The van der Waals surface area contributed by atoms with Gasteiger partial charge in [0.15, 0.2) is 6.04 Å². The zero-order valence-electron chi connectivity index (χ0n) is 16.2. The molecule has 1 aromatic heterocycles. The van der Waals surface area contributed by atoms with Crippen molar-refractivity contribution in [3.8, 4) is 0 Å². The van der Waals surface area contributed by atoms with Crippen LogP contribution in [0, 0.1) is 6.92 Å².